The lowest BCUT2D eigenvalue weighted by Crippen LogP contribution is -2.23. The summed E-state index contributed by atoms with van der Waals surface area (Å²) in [7, 11) is -5.69. The molecule has 18 heavy (non-hydrogen) atoms. The molecule has 11 heteroatoms. The molecule has 0 radical (unpaired) electrons. The summed E-state index contributed by atoms with van der Waals surface area (Å²) in [5, 5.41) is 10.3. The number of nitro benzene ring substituents is 1. The summed E-state index contributed by atoms with van der Waals surface area (Å²) in [6.45, 7) is 0. The highest BCUT2D eigenvalue weighted by atomic mass is 32.3. The Bertz CT molecular complexity index is 539. The van der Waals surface area contributed by atoms with Crippen LogP contribution in [0.25, 0.3) is 0 Å². The lowest BCUT2D eigenvalue weighted by Gasteiger charge is -2.06. The van der Waals surface area contributed by atoms with Gasteiger partial charge in [-0.2, -0.15) is 25.2 Å². The van der Waals surface area contributed by atoms with Gasteiger partial charge in [0.2, 0.25) is 0 Å². The average molecular weight is 303 g/mol. The average Bonchev–Trinajstić information content (AvgIpc) is 2.25. The third-order valence-corrected chi connectivity index (χ3v) is 3.57. The number of hydrogen-bond acceptors (Lipinski definition) is 6. The van der Waals surface area contributed by atoms with Crippen molar-refractivity contribution in [2.75, 3.05) is 0 Å². The first kappa shape index (κ1) is 14.7. The predicted octanol–water partition coefficient (Wildman–Crippen LogP) is 2.47. The highest BCUT2D eigenvalue weighted by Gasteiger charge is 2.47. The van der Waals surface area contributed by atoms with Gasteiger partial charge in [0, 0.05) is 29.1 Å². The first-order chi connectivity index (χ1) is 8.13. The van der Waals surface area contributed by atoms with Gasteiger partial charge in [0.05, 0.1) is 4.92 Å². The number of rotatable bonds is 4. The molecule has 1 aromatic carbocycles. The Labute approximate surface area is 103 Å². The molecule has 0 unspecified atom stereocenters. The van der Waals surface area contributed by atoms with Gasteiger partial charge in [-0.3, -0.25) is 10.1 Å². The molecular formula is C7H4F3NO5S2. The Morgan fingerprint density at radius 3 is 2.11 bits per heavy atom. The summed E-state index contributed by atoms with van der Waals surface area (Å²) < 4.78 is 60.4. The Morgan fingerprint density at radius 1 is 1.22 bits per heavy atom. The van der Waals surface area contributed by atoms with Crippen LogP contribution in [0, 0.1) is 10.1 Å². The second kappa shape index (κ2) is 5.12. The number of benzene rings is 1. The van der Waals surface area contributed by atoms with Crippen molar-refractivity contribution >= 4 is 27.8 Å². The molecule has 1 rings (SSSR count). The lowest BCUT2D eigenvalue weighted by molar-refractivity contribution is -0.384. The van der Waals surface area contributed by atoms with Crippen LogP contribution in [0.4, 0.5) is 18.9 Å². The van der Waals surface area contributed by atoms with Crippen molar-refractivity contribution in [3.8, 4) is 0 Å². The van der Waals surface area contributed by atoms with E-state index in [-0.39, 0.29) is 22.6 Å². The molecule has 0 aromatic heterocycles. The van der Waals surface area contributed by atoms with Gasteiger partial charge >= 0.3 is 15.6 Å². The molecule has 0 bridgehead atoms. The molecule has 0 amide bonds. The third kappa shape index (κ3) is 3.58. The van der Waals surface area contributed by atoms with Crippen LogP contribution in [0.15, 0.2) is 29.2 Å². The normalized spacial score (nSPS) is 12.4. The quantitative estimate of drug-likeness (QED) is 0.367. The van der Waals surface area contributed by atoms with Gasteiger partial charge in [-0.25, -0.2) is 0 Å². The molecule has 0 aliphatic rings. The molecule has 100 valence electrons. The van der Waals surface area contributed by atoms with E-state index in [1.165, 1.54) is 0 Å². The summed E-state index contributed by atoms with van der Waals surface area (Å²) >= 11 is -0.0559. The number of hydrogen-bond donors (Lipinski definition) is 0. The molecular weight excluding hydrogens is 299 g/mol. The summed E-state index contributed by atoms with van der Waals surface area (Å²) in [4.78, 5) is 9.56. The highest BCUT2D eigenvalue weighted by Crippen LogP contribution is 2.31. The van der Waals surface area contributed by atoms with Gasteiger partial charge in [0.1, 0.15) is 0 Å². The van der Waals surface area contributed by atoms with Crippen molar-refractivity contribution in [1.29, 1.82) is 0 Å². The number of nitro groups is 1. The monoisotopic (exact) mass is 303 g/mol. The number of halogens is 3. The van der Waals surface area contributed by atoms with Crippen LogP contribution in [0.2, 0.25) is 0 Å². The molecule has 0 aliphatic carbocycles. The van der Waals surface area contributed by atoms with E-state index in [1.807, 2.05) is 0 Å². The van der Waals surface area contributed by atoms with Gasteiger partial charge in [-0.05, 0) is 12.1 Å². The smallest absolute Gasteiger partial charge is 0.258 e. The maximum atomic E-state index is 11.9. The van der Waals surface area contributed by atoms with Crippen LogP contribution in [-0.2, 0) is 13.7 Å². The van der Waals surface area contributed by atoms with Gasteiger partial charge in [0.15, 0.2) is 0 Å². The number of nitrogens with zero attached hydrogens (tertiary/aromatic N) is 1. The summed E-state index contributed by atoms with van der Waals surface area (Å²) in [6, 6.07) is 4.14. The molecule has 0 N–H and O–H groups in total. The molecule has 1 aromatic rings. The second-order valence-corrected chi connectivity index (χ2v) is 5.36. The van der Waals surface area contributed by atoms with Crippen LogP contribution >= 0.6 is 12.0 Å². The first-order valence-corrected chi connectivity index (χ1v) is 6.20. The molecule has 0 aliphatic heterocycles. The Morgan fingerprint density at radius 2 is 1.72 bits per heavy atom. The van der Waals surface area contributed by atoms with E-state index >= 15 is 0 Å². The standard InChI is InChI=1S/C7H4F3NO5S2/c8-7(9,10)18(14,15)16-17-6-3-1-5(2-4-6)11(12)13/h1-4H. The number of alkyl halides is 3. The topological polar surface area (TPSA) is 86.5 Å². The fraction of sp³-hybridized carbons (Fsp3) is 0.143. The first-order valence-electron chi connectivity index (χ1n) is 4.05. The maximum Gasteiger partial charge on any atom is 0.524 e. The van der Waals surface area contributed by atoms with Crippen LogP contribution in [0.5, 0.6) is 0 Å². The zero-order chi connectivity index (χ0) is 14.0. The molecule has 0 saturated carbocycles. The molecule has 0 heterocycles. The van der Waals surface area contributed by atoms with Crippen molar-refractivity contribution in [2.45, 2.75) is 10.4 Å². The summed E-state index contributed by atoms with van der Waals surface area (Å²) in [5.41, 5.74) is -5.79. The van der Waals surface area contributed by atoms with Gasteiger partial charge in [0.25, 0.3) is 5.69 Å². The Hall–Kier alpha value is -1.33. The van der Waals surface area contributed by atoms with Crippen molar-refractivity contribution in [2.24, 2.45) is 0 Å². The van der Waals surface area contributed by atoms with E-state index in [0.29, 0.717) is 0 Å². The second-order valence-electron chi connectivity index (χ2n) is 2.80. The van der Waals surface area contributed by atoms with Crippen LogP contribution < -0.4 is 0 Å². The van der Waals surface area contributed by atoms with Crippen molar-refractivity contribution in [3.63, 3.8) is 0 Å². The van der Waals surface area contributed by atoms with E-state index in [9.17, 15) is 31.7 Å². The minimum absolute atomic E-state index is 0.0200. The van der Waals surface area contributed by atoms with Crippen molar-refractivity contribution < 1.29 is 30.1 Å². The minimum Gasteiger partial charge on any atom is -0.258 e. The van der Waals surface area contributed by atoms with Gasteiger partial charge in [-0.1, -0.05) is 0 Å². The molecule has 6 nitrogen and oxygen atoms in total. The van der Waals surface area contributed by atoms with Gasteiger partial charge in [-0.15, -0.1) is 0 Å². The van der Waals surface area contributed by atoms with E-state index in [1.54, 1.807) is 0 Å². The van der Waals surface area contributed by atoms with E-state index < -0.39 is 20.5 Å². The zero-order valence-corrected chi connectivity index (χ0v) is 9.88. The number of non-ortho nitro benzene ring substituents is 1. The maximum absolute atomic E-state index is 11.9. The van der Waals surface area contributed by atoms with Crippen LogP contribution in [0.3, 0.4) is 0 Å². The highest BCUT2D eigenvalue weighted by molar-refractivity contribution is 8.04. The van der Waals surface area contributed by atoms with Crippen molar-refractivity contribution in [1.82, 2.24) is 0 Å². The van der Waals surface area contributed by atoms with Crippen LogP contribution in [0.1, 0.15) is 0 Å². The van der Waals surface area contributed by atoms with Crippen LogP contribution in [-0.4, -0.2) is 18.8 Å². The van der Waals surface area contributed by atoms with Crippen molar-refractivity contribution in [3.05, 3.63) is 34.4 Å². The largest absolute Gasteiger partial charge is 0.524 e. The van der Waals surface area contributed by atoms with E-state index in [4.69, 9.17) is 0 Å². The molecule has 0 atom stereocenters. The Kier molecular flexibility index (Phi) is 4.19. The summed E-state index contributed by atoms with van der Waals surface area (Å²) in [6.07, 6.45) is 0. The fourth-order valence-corrected chi connectivity index (χ4v) is 1.97. The van der Waals surface area contributed by atoms with E-state index in [0.717, 1.165) is 24.3 Å². The van der Waals surface area contributed by atoms with Gasteiger partial charge < -0.3 is 0 Å². The summed E-state index contributed by atoms with van der Waals surface area (Å²) in [5.74, 6) is 0. The molecule has 0 spiro atoms. The zero-order valence-electron chi connectivity index (χ0n) is 8.25. The third-order valence-electron chi connectivity index (χ3n) is 1.55. The SMILES string of the molecule is O=[N+]([O-])c1ccc(SOS(=O)(=O)C(F)(F)F)cc1. The molecule has 0 saturated heterocycles. The molecule has 0 fully saturated rings. The van der Waals surface area contributed by atoms with E-state index in [2.05, 4.69) is 3.63 Å². The Balaban J connectivity index is 2.74. The predicted molar refractivity (Wildman–Crippen MR) is 55.0 cm³/mol. The lowest BCUT2D eigenvalue weighted by atomic mass is 10.3. The minimum atomic E-state index is -5.69. The fourth-order valence-electron chi connectivity index (χ4n) is 0.746.